The Bertz CT molecular complexity index is 574. The van der Waals surface area contributed by atoms with Crippen molar-refractivity contribution in [3.05, 3.63) is 18.5 Å². The van der Waals surface area contributed by atoms with Crippen molar-refractivity contribution in [2.45, 2.75) is 26.2 Å². The van der Waals surface area contributed by atoms with Gasteiger partial charge in [-0.25, -0.2) is 4.68 Å². The highest BCUT2D eigenvalue weighted by Gasteiger charge is 2.31. The number of hydrogen-bond donors (Lipinski definition) is 2. The molecule has 7 heteroatoms. The average Bonchev–Trinajstić information content (AvgIpc) is 2.97. The van der Waals surface area contributed by atoms with Gasteiger partial charge in [-0.05, 0) is 24.3 Å². The lowest BCUT2D eigenvalue weighted by Gasteiger charge is -2.38. The Balaban J connectivity index is 1.81. The van der Waals surface area contributed by atoms with Gasteiger partial charge in [-0.3, -0.25) is 0 Å². The average molecular weight is 273 g/mol. The van der Waals surface area contributed by atoms with E-state index in [0.29, 0.717) is 23.3 Å². The van der Waals surface area contributed by atoms with Crippen molar-refractivity contribution in [1.29, 1.82) is 0 Å². The van der Waals surface area contributed by atoms with Gasteiger partial charge in [0.1, 0.15) is 0 Å². The van der Waals surface area contributed by atoms with E-state index in [1.807, 2.05) is 12.3 Å². The minimum atomic E-state index is 0.373. The van der Waals surface area contributed by atoms with Crippen molar-refractivity contribution in [1.82, 2.24) is 24.7 Å². The molecule has 0 aliphatic heterocycles. The fourth-order valence-corrected chi connectivity index (χ4v) is 2.29. The van der Waals surface area contributed by atoms with E-state index >= 15 is 0 Å². The van der Waals surface area contributed by atoms with Gasteiger partial charge in [-0.15, -0.1) is 0 Å². The maximum atomic E-state index is 4.41. The number of rotatable bonds is 5. The number of aromatic nitrogens is 5. The van der Waals surface area contributed by atoms with Gasteiger partial charge in [0, 0.05) is 26.0 Å². The monoisotopic (exact) mass is 273 g/mol. The van der Waals surface area contributed by atoms with Crippen molar-refractivity contribution >= 4 is 11.9 Å². The third kappa shape index (κ3) is 2.56. The summed E-state index contributed by atoms with van der Waals surface area (Å²) in [5.41, 5.74) is 0.373. The molecule has 0 radical (unpaired) electrons. The van der Waals surface area contributed by atoms with Gasteiger partial charge in [0.05, 0.1) is 0 Å². The summed E-state index contributed by atoms with van der Waals surface area (Å²) < 4.78 is 1.62. The van der Waals surface area contributed by atoms with Gasteiger partial charge >= 0.3 is 0 Å². The van der Waals surface area contributed by atoms with Crippen LogP contribution in [0.4, 0.5) is 11.9 Å². The Morgan fingerprint density at radius 2 is 2.05 bits per heavy atom. The van der Waals surface area contributed by atoms with E-state index in [0.717, 1.165) is 6.54 Å². The van der Waals surface area contributed by atoms with E-state index in [1.54, 1.807) is 17.9 Å². The van der Waals surface area contributed by atoms with E-state index < -0.39 is 0 Å². The quantitative estimate of drug-likeness (QED) is 0.863. The zero-order valence-corrected chi connectivity index (χ0v) is 11.8. The summed E-state index contributed by atoms with van der Waals surface area (Å²) in [4.78, 5) is 13.1. The first kappa shape index (κ1) is 12.8. The Hall–Kier alpha value is -2.18. The molecule has 0 unspecified atom stereocenters. The smallest absolute Gasteiger partial charge is 0.257 e. The minimum absolute atomic E-state index is 0.373. The molecule has 2 aromatic rings. The van der Waals surface area contributed by atoms with Gasteiger partial charge < -0.3 is 10.6 Å². The summed E-state index contributed by atoms with van der Waals surface area (Å²) >= 11 is 0. The van der Waals surface area contributed by atoms with Crippen LogP contribution in [0.2, 0.25) is 0 Å². The van der Waals surface area contributed by atoms with Gasteiger partial charge in [0.25, 0.3) is 5.95 Å². The summed E-state index contributed by atoms with van der Waals surface area (Å²) in [6.45, 7) is 3.18. The highest BCUT2D eigenvalue weighted by atomic mass is 15.4. The second-order valence-corrected chi connectivity index (χ2v) is 5.50. The molecule has 0 saturated heterocycles. The second kappa shape index (κ2) is 5.07. The number of nitrogens with zero attached hydrogens (tertiary/aromatic N) is 5. The molecule has 1 aliphatic carbocycles. The second-order valence-electron chi connectivity index (χ2n) is 5.50. The summed E-state index contributed by atoms with van der Waals surface area (Å²) in [5, 5.41) is 10.4. The summed E-state index contributed by atoms with van der Waals surface area (Å²) in [6, 6.07) is 1.84. The molecule has 2 aromatic heterocycles. The van der Waals surface area contributed by atoms with E-state index in [-0.39, 0.29) is 0 Å². The Morgan fingerprint density at radius 1 is 1.25 bits per heavy atom. The van der Waals surface area contributed by atoms with Crippen molar-refractivity contribution in [2.75, 3.05) is 24.2 Å². The van der Waals surface area contributed by atoms with Gasteiger partial charge in [0.15, 0.2) is 0 Å². The van der Waals surface area contributed by atoms with Gasteiger partial charge in [0.2, 0.25) is 11.9 Å². The lowest BCUT2D eigenvalue weighted by atomic mass is 9.70. The van der Waals surface area contributed by atoms with Crippen LogP contribution in [0.15, 0.2) is 18.5 Å². The molecule has 106 valence electrons. The van der Waals surface area contributed by atoms with Crippen LogP contribution in [0.25, 0.3) is 5.95 Å². The molecule has 0 bridgehead atoms. The highest BCUT2D eigenvalue weighted by Crippen LogP contribution is 2.39. The van der Waals surface area contributed by atoms with Crippen molar-refractivity contribution in [3.63, 3.8) is 0 Å². The predicted octanol–water partition coefficient (Wildman–Crippen LogP) is 1.70. The summed E-state index contributed by atoms with van der Waals surface area (Å²) in [6.07, 6.45) is 7.35. The maximum absolute atomic E-state index is 4.41. The van der Waals surface area contributed by atoms with Gasteiger partial charge in [-0.1, -0.05) is 13.3 Å². The Kier molecular flexibility index (Phi) is 3.25. The molecule has 0 aromatic carbocycles. The lowest BCUT2D eigenvalue weighted by molar-refractivity contribution is 0.179. The van der Waals surface area contributed by atoms with Crippen LogP contribution in [-0.2, 0) is 0 Å². The van der Waals surface area contributed by atoms with E-state index in [2.05, 4.69) is 37.6 Å². The van der Waals surface area contributed by atoms with Crippen molar-refractivity contribution < 1.29 is 0 Å². The zero-order valence-electron chi connectivity index (χ0n) is 11.8. The molecule has 1 saturated carbocycles. The minimum Gasteiger partial charge on any atom is -0.357 e. The molecule has 0 amide bonds. The number of anilines is 2. The normalized spacial score (nSPS) is 16.5. The van der Waals surface area contributed by atoms with Crippen LogP contribution >= 0.6 is 0 Å². The molecular weight excluding hydrogens is 254 g/mol. The standard InChI is InChI=1S/C13H19N7/c1-13(5-3-6-13)9-15-11-17-10(14-2)18-12(19-11)20-8-4-7-16-20/h4,7-8H,3,5-6,9H2,1-2H3,(H2,14,15,17,18,19). The molecule has 3 rings (SSSR count). The van der Waals surface area contributed by atoms with Crippen LogP contribution in [0.5, 0.6) is 0 Å². The zero-order chi connectivity index (χ0) is 14.0. The molecule has 2 N–H and O–H groups in total. The highest BCUT2D eigenvalue weighted by molar-refractivity contribution is 5.37. The predicted molar refractivity (Wildman–Crippen MR) is 76.9 cm³/mol. The first-order chi connectivity index (χ1) is 9.68. The lowest BCUT2D eigenvalue weighted by Crippen LogP contribution is -2.33. The number of nitrogens with one attached hydrogen (secondary N) is 2. The van der Waals surface area contributed by atoms with Crippen LogP contribution in [0, 0.1) is 5.41 Å². The molecule has 2 heterocycles. The molecule has 7 nitrogen and oxygen atoms in total. The topological polar surface area (TPSA) is 80.5 Å². The molecule has 20 heavy (non-hydrogen) atoms. The van der Waals surface area contributed by atoms with E-state index in [9.17, 15) is 0 Å². The fraction of sp³-hybridized carbons (Fsp3) is 0.538. The van der Waals surface area contributed by atoms with Crippen LogP contribution in [0.1, 0.15) is 26.2 Å². The first-order valence-corrected chi connectivity index (χ1v) is 6.86. The molecule has 0 atom stereocenters. The van der Waals surface area contributed by atoms with Gasteiger partial charge in [-0.2, -0.15) is 20.1 Å². The summed E-state index contributed by atoms with van der Waals surface area (Å²) in [7, 11) is 1.79. The summed E-state index contributed by atoms with van der Waals surface area (Å²) in [5.74, 6) is 1.63. The molecule has 1 aliphatic rings. The molecular formula is C13H19N7. The third-order valence-corrected chi connectivity index (χ3v) is 3.79. The molecule has 0 spiro atoms. The maximum Gasteiger partial charge on any atom is 0.257 e. The molecule has 1 fully saturated rings. The number of hydrogen-bond acceptors (Lipinski definition) is 6. The van der Waals surface area contributed by atoms with Crippen LogP contribution < -0.4 is 10.6 Å². The van der Waals surface area contributed by atoms with Crippen LogP contribution in [-0.4, -0.2) is 38.3 Å². The van der Waals surface area contributed by atoms with Crippen molar-refractivity contribution in [3.8, 4) is 5.95 Å². The van der Waals surface area contributed by atoms with E-state index in [1.165, 1.54) is 19.3 Å². The SMILES string of the molecule is CNc1nc(NCC2(C)CCC2)nc(-n2cccn2)n1. The van der Waals surface area contributed by atoms with Crippen molar-refractivity contribution in [2.24, 2.45) is 5.41 Å². The third-order valence-electron chi connectivity index (χ3n) is 3.79. The first-order valence-electron chi connectivity index (χ1n) is 6.86. The Morgan fingerprint density at radius 3 is 2.65 bits per heavy atom. The van der Waals surface area contributed by atoms with E-state index in [4.69, 9.17) is 0 Å². The fourth-order valence-electron chi connectivity index (χ4n) is 2.29. The Labute approximate surface area is 117 Å². The van der Waals surface area contributed by atoms with Crippen LogP contribution in [0.3, 0.4) is 0 Å². The largest absolute Gasteiger partial charge is 0.357 e.